The Balaban J connectivity index is 2.11. The molecule has 2 rings (SSSR count). The van der Waals surface area contributed by atoms with E-state index in [1.54, 1.807) is 0 Å². The van der Waals surface area contributed by atoms with Gasteiger partial charge in [-0.05, 0) is 50.2 Å². The van der Waals surface area contributed by atoms with Gasteiger partial charge in [-0.1, -0.05) is 25.1 Å². The van der Waals surface area contributed by atoms with Crippen LogP contribution in [0.5, 0.6) is 0 Å². The zero-order valence-electron chi connectivity index (χ0n) is 11.9. The van der Waals surface area contributed by atoms with Crippen LogP contribution in [0.25, 0.3) is 0 Å². The molecule has 0 heterocycles. The Bertz CT molecular complexity index is 448. The van der Waals surface area contributed by atoms with Crippen LogP contribution >= 0.6 is 0 Å². The van der Waals surface area contributed by atoms with Crippen LogP contribution in [0.2, 0.25) is 0 Å². The average Bonchev–Trinajstić information content (AvgIpc) is 2.42. The van der Waals surface area contributed by atoms with E-state index in [9.17, 15) is 4.79 Å². The molecular formula is C16H24N2O. The molecule has 3 heteroatoms. The lowest BCUT2D eigenvalue weighted by Crippen LogP contribution is -2.55. The molecule has 0 aromatic heterocycles. The number of rotatable bonds is 3. The van der Waals surface area contributed by atoms with Gasteiger partial charge in [-0.15, -0.1) is 0 Å². The van der Waals surface area contributed by atoms with Crippen LogP contribution < -0.4 is 11.1 Å². The van der Waals surface area contributed by atoms with Gasteiger partial charge in [0, 0.05) is 12.1 Å². The second kappa shape index (κ2) is 5.74. The zero-order chi connectivity index (χ0) is 13.9. The first-order valence-electron chi connectivity index (χ1n) is 7.14. The van der Waals surface area contributed by atoms with Crippen LogP contribution in [-0.4, -0.2) is 18.0 Å². The molecule has 1 aromatic rings. The number of nitrogens with one attached hydrogen (secondary N) is 1. The maximum Gasteiger partial charge on any atom is 0.252 e. The second-order valence-electron chi connectivity index (χ2n) is 5.94. The molecule has 0 spiro atoms. The van der Waals surface area contributed by atoms with Crippen LogP contribution in [0.15, 0.2) is 24.3 Å². The van der Waals surface area contributed by atoms with Crippen molar-refractivity contribution < 1.29 is 4.79 Å². The van der Waals surface area contributed by atoms with Gasteiger partial charge < -0.3 is 11.1 Å². The fraction of sp³-hybridized carbons (Fsp3) is 0.562. The lowest BCUT2D eigenvalue weighted by Gasteiger charge is -2.39. The van der Waals surface area contributed by atoms with Gasteiger partial charge in [-0.25, -0.2) is 0 Å². The zero-order valence-corrected chi connectivity index (χ0v) is 11.9. The standard InChI is InChI=1S/C16H24N2O/c1-12-7-9-16(11-17,10-8-12)18-15(19)14-6-4-3-5-13(14)2/h3-6,12H,7-11,17H2,1-2H3,(H,18,19). The monoisotopic (exact) mass is 260 g/mol. The van der Waals surface area contributed by atoms with Crippen molar-refractivity contribution >= 4 is 5.91 Å². The summed E-state index contributed by atoms with van der Waals surface area (Å²) in [4.78, 5) is 12.4. The maximum atomic E-state index is 12.4. The van der Waals surface area contributed by atoms with Crippen molar-refractivity contribution in [2.75, 3.05) is 6.54 Å². The van der Waals surface area contributed by atoms with E-state index in [-0.39, 0.29) is 11.4 Å². The lowest BCUT2D eigenvalue weighted by molar-refractivity contribution is 0.0859. The van der Waals surface area contributed by atoms with Crippen molar-refractivity contribution in [1.29, 1.82) is 0 Å². The van der Waals surface area contributed by atoms with Crippen molar-refractivity contribution in [3.05, 3.63) is 35.4 Å². The first-order valence-corrected chi connectivity index (χ1v) is 7.14. The molecule has 0 unspecified atom stereocenters. The third kappa shape index (κ3) is 3.16. The Kier molecular flexibility index (Phi) is 4.25. The van der Waals surface area contributed by atoms with Gasteiger partial charge >= 0.3 is 0 Å². The number of carbonyl (C=O) groups is 1. The highest BCUT2D eigenvalue weighted by atomic mass is 16.1. The van der Waals surface area contributed by atoms with Crippen LogP contribution in [0.1, 0.15) is 48.5 Å². The number of hydrogen-bond donors (Lipinski definition) is 2. The minimum Gasteiger partial charge on any atom is -0.345 e. The van der Waals surface area contributed by atoms with Crippen molar-refractivity contribution in [3.63, 3.8) is 0 Å². The van der Waals surface area contributed by atoms with E-state index in [4.69, 9.17) is 5.73 Å². The lowest BCUT2D eigenvalue weighted by atomic mass is 9.77. The predicted octanol–water partition coefficient (Wildman–Crippen LogP) is 2.63. The highest BCUT2D eigenvalue weighted by Gasteiger charge is 2.34. The Morgan fingerprint density at radius 1 is 1.37 bits per heavy atom. The minimum absolute atomic E-state index is 0.0121. The topological polar surface area (TPSA) is 55.1 Å². The molecule has 1 aliphatic carbocycles. The number of hydrogen-bond acceptors (Lipinski definition) is 2. The Labute approximate surface area is 115 Å². The van der Waals surface area contributed by atoms with E-state index in [1.165, 1.54) is 0 Å². The summed E-state index contributed by atoms with van der Waals surface area (Å²) in [5.41, 5.74) is 7.50. The number of benzene rings is 1. The van der Waals surface area contributed by atoms with Gasteiger partial charge in [-0.2, -0.15) is 0 Å². The first-order chi connectivity index (χ1) is 9.06. The van der Waals surface area contributed by atoms with E-state index < -0.39 is 0 Å². The van der Waals surface area contributed by atoms with E-state index in [0.29, 0.717) is 6.54 Å². The summed E-state index contributed by atoms with van der Waals surface area (Å²) in [6.07, 6.45) is 4.26. The summed E-state index contributed by atoms with van der Waals surface area (Å²) in [6, 6.07) is 7.69. The molecule has 0 saturated heterocycles. The molecule has 0 radical (unpaired) electrons. The third-order valence-corrected chi connectivity index (χ3v) is 4.39. The van der Waals surface area contributed by atoms with E-state index in [0.717, 1.165) is 42.7 Å². The van der Waals surface area contributed by atoms with Gasteiger partial charge in [0.25, 0.3) is 5.91 Å². The highest BCUT2D eigenvalue weighted by Crippen LogP contribution is 2.31. The smallest absolute Gasteiger partial charge is 0.252 e. The Morgan fingerprint density at radius 3 is 2.58 bits per heavy atom. The SMILES string of the molecule is Cc1ccccc1C(=O)NC1(CN)CCC(C)CC1. The van der Waals surface area contributed by atoms with Gasteiger partial charge in [0.05, 0.1) is 5.54 Å². The summed E-state index contributed by atoms with van der Waals surface area (Å²) in [7, 11) is 0. The Morgan fingerprint density at radius 2 is 2.00 bits per heavy atom. The fourth-order valence-electron chi connectivity index (χ4n) is 2.83. The fourth-order valence-corrected chi connectivity index (χ4v) is 2.83. The molecule has 3 N–H and O–H groups in total. The molecule has 1 saturated carbocycles. The predicted molar refractivity (Wildman–Crippen MR) is 78.1 cm³/mol. The van der Waals surface area contributed by atoms with Gasteiger partial charge in [0.2, 0.25) is 0 Å². The molecule has 0 bridgehead atoms. The number of nitrogens with two attached hydrogens (primary N) is 1. The molecule has 0 atom stereocenters. The van der Waals surface area contributed by atoms with Crippen LogP contribution in [-0.2, 0) is 0 Å². The molecule has 3 nitrogen and oxygen atoms in total. The molecule has 104 valence electrons. The first kappa shape index (κ1) is 14.1. The minimum atomic E-state index is -0.203. The van der Waals surface area contributed by atoms with Crippen molar-refractivity contribution in [2.24, 2.45) is 11.7 Å². The normalized spacial score (nSPS) is 27.0. The van der Waals surface area contributed by atoms with Crippen molar-refractivity contribution in [2.45, 2.75) is 45.1 Å². The largest absolute Gasteiger partial charge is 0.345 e. The molecule has 1 aromatic carbocycles. The van der Waals surface area contributed by atoms with E-state index in [1.807, 2.05) is 31.2 Å². The number of carbonyl (C=O) groups excluding carboxylic acids is 1. The van der Waals surface area contributed by atoms with E-state index in [2.05, 4.69) is 12.2 Å². The molecule has 19 heavy (non-hydrogen) atoms. The molecule has 1 amide bonds. The Hall–Kier alpha value is -1.35. The highest BCUT2D eigenvalue weighted by molar-refractivity contribution is 5.96. The summed E-state index contributed by atoms with van der Waals surface area (Å²) < 4.78 is 0. The third-order valence-electron chi connectivity index (χ3n) is 4.39. The molecule has 1 fully saturated rings. The maximum absolute atomic E-state index is 12.4. The van der Waals surface area contributed by atoms with Crippen molar-refractivity contribution in [1.82, 2.24) is 5.32 Å². The van der Waals surface area contributed by atoms with Gasteiger partial charge in [0.15, 0.2) is 0 Å². The average molecular weight is 260 g/mol. The summed E-state index contributed by atoms with van der Waals surface area (Å²) >= 11 is 0. The summed E-state index contributed by atoms with van der Waals surface area (Å²) in [5, 5.41) is 3.20. The van der Waals surface area contributed by atoms with E-state index >= 15 is 0 Å². The number of amides is 1. The van der Waals surface area contributed by atoms with Gasteiger partial charge in [0.1, 0.15) is 0 Å². The van der Waals surface area contributed by atoms with Crippen LogP contribution in [0, 0.1) is 12.8 Å². The van der Waals surface area contributed by atoms with Crippen LogP contribution in [0.4, 0.5) is 0 Å². The van der Waals surface area contributed by atoms with Crippen LogP contribution in [0.3, 0.4) is 0 Å². The number of aryl methyl sites for hydroxylation is 1. The second-order valence-corrected chi connectivity index (χ2v) is 5.94. The van der Waals surface area contributed by atoms with Gasteiger partial charge in [-0.3, -0.25) is 4.79 Å². The molecule has 1 aliphatic rings. The summed E-state index contributed by atoms with van der Waals surface area (Å²) in [6.45, 7) is 4.76. The molecule has 0 aliphatic heterocycles. The quantitative estimate of drug-likeness (QED) is 0.877. The molecular weight excluding hydrogens is 236 g/mol. The summed E-state index contributed by atoms with van der Waals surface area (Å²) in [5.74, 6) is 0.758. The van der Waals surface area contributed by atoms with Crippen molar-refractivity contribution in [3.8, 4) is 0 Å².